The van der Waals surface area contributed by atoms with Gasteiger partial charge in [0.1, 0.15) is 0 Å². The zero-order valence-corrected chi connectivity index (χ0v) is 9.98. The monoisotopic (exact) mass is 227 g/mol. The van der Waals surface area contributed by atoms with Crippen molar-refractivity contribution >= 4 is 5.69 Å². The van der Waals surface area contributed by atoms with E-state index in [-0.39, 0.29) is 0 Å². The third-order valence-corrected chi connectivity index (χ3v) is 2.72. The highest BCUT2D eigenvalue weighted by Crippen LogP contribution is 2.14. The molecule has 0 atom stereocenters. The van der Waals surface area contributed by atoms with E-state index in [1.165, 1.54) is 5.56 Å². The Labute approximate surface area is 102 Å². The highest BCUT2D eigenvalue weighted by Gasteiger charge is 1.98. The summed E-state index contributed by atoms with van der Waals surface area (Å²) in [5, 5.41) is 3.40. The van der Waals surface area contributed by atoms with Crippen LogP contribution in [0.15, 0.2) is 42.7 Å². The first-order valence-electron chi connectivity index (χ1n) is 5.72. The molecule has 3 heteroatoms. The first-order chi connectivity index (χ1) is 8.29. The van der Waals surface area contributed by atoms with Crippen LogP contribution in [-0.4, -0.2) is 4.98 Å². The first-order valence-corrected chi connectivity index (χ1v) is 5.72. The van der Waals surface area contributed by atoms with Crippen LogP contribution < -0.4 is 11.1 Å². The van der Waals surface area contributed by atoms with E-state index < -0.39 is 0 Å². The molecule has 0 bridgehead atoms. The molecule has 17 heavy (non-hydrogen) atoms. The molecule has 0 spiro atoms. The van der Waals surface area contributed by atoms with Crippen molar-refractivity contribution in [1.29, 1.82) is 0 Å². The molecule has 0 saturated carbocycles. The zero-order valence-electron chi connectivity index (χ0n) is 9.98. The van der Waals surface area contributed by atoms with Gasteiger partial charge in [-0.25, -0.2) is 0 Å². The summed E-state index contributed by atoms with van der Waals surface area (Å²) in [6.07, 6.45) is 3.67. The fourth-order valence-corrected chi connectivity index (χ4v) is 1.72. The van der Waals surface area contributed by atoms with E-state index in [1.807, 2.05) is 18.3 Å². The number of benzene rings is 1. The van der Waals surface area contributed by atoms with E-state index in [9.17, 15) is 0 Å². The summed E-state index contributed by atoms with van der Waals surface area (Å²) < 4.78 is 0. The van der Waals surface area contributed by atoms with Crippen LogP contribution in [0, 0.1) is 6.92 Å². The Morgan fingerprint density at radius 2 is 1.94 bits per heavy atom. The summed E-state index contributed by atoms with van der Waals surface area (Å²) in [6, 6.07) is 10.3. The van der Waals surface area contributed by atoms with Crippen molar-refractivity contribution in [3.05, 3.63) is 59.4 Å². The van der Waals surface area contributed by atoms with Gasteiger partial charge in [0.2, 0.25) is 0 Å². The molecule has 3 N–H and O–H groups in total. The molecular weight excluding hydrogens is 210 g/mol. The smallest absolute Gasteiger partial charge is 0.0416 e. The number of hydrogen-bond acceptors (Lipinski definition) is 3. The molecule has 1 aromatic heterocycles. The first kappa shape index (κ1) is 11.6. The number of anilines is 1. The second kappa shape index (κ2) is 5.46. The molecule has 3 nitrogen and oxygen atoms in total. The van der Waals surface area contributed by atoms with Gasteiger partial charge in [-0.2, -0.15) is 0 Å². The van der Waals surface area contributed by atoms with Gasteiger partial charge in [-0.05, 0) is 35.7 Å². The Kier molecular flexibility index (Phi) is 3.73. The van der Waals surface area contributed by atoms with Gasteiger partial charge in [0.25, 0.3) is 0 Å². The normalized spacial score (nSPS) is 10.2. The van der Waals surface area contributed by atoms with Crippen molar-refractivity contribution in [1.82, 2.24) is 4.98 Å². The lowest BCUT2D eigenvalue weighted by atomic mass is 10.1. The lowest BCUT2D eigenvalue weighted by molar-refractivity contribution is 1.02. The van der Waals surface area contributed by atoms with E-state index in [2.05, 4.69) is 35.4 Å². The average Bonchev–Trinajstić information content (AvgIpc) is 2.38. The largest absolute Gasteiger partial charge is 0.381 e. The maximum absolute atomic E-state index is 5.59. The third-order valence-electron chi connectivity index (χ3n) is 2.72. The molecule has 0 radical (unpaired) electrons. The minimum atomic E-state index is 0.533. The summed E-state index contributed by atoms with van der Waals surface area (Å²) in [5.74, 6) is 0. The minimum Gasteiger partial charge on any atom is -0.381 e. The van der Waals surface area contributed by atoms with Gasteiger partial charge in [-0.1, -0.05) is 18.2 Å². The molecule has 0 amide bonds. The molecule has 88 valence electrons. The molecule has 0 aliphatic carbocycles. The molecule has 2 aromatic rings. The van der Waals surface area contributed by atoms with Gasteiger partial charge >= 0.3 is 0 Å². The Morgan fingerprint density at radius 1 is 1.18 bits per heavy atom. The SMILES string of the molecule is Cc1ccccc1NCc1cncc(CN)c1. The standard InChI is InChI=1S/C14H17N3/c1-11-4-2-3-5-14(11)17-10-13-6-12(7-15)8-16-9-13/h2-6,8-9,17H,7,10,15H2,1H3. The summed E-state index contributed by atoms with van der Waals surface area (Å²) in [7, 11) is 0. The quantitative estimate of drug-likeness (QED) is 0.843. The third kappa shape index (κ3) is 3.04. The number of rotatable bonds is 4. The van der Waals surface area contributed by atoms with Crippen LogP contribution in [-0.2, 0) is 13.1 Å². The number of aryl methyl sites for hydroxylation is 1. The Balaban J connectivity index is 2.05. The van der Waals surface area contributed by atoms with Crippen LogP contribution >= 0.6 is 0 Å². The number of aromatic nitrogens is 1. The number of pyridine rings is 1. The van der Waals surface area contributed by atoms with Crippen LogP contribution in [0.2, 0.25) is 0 Å². The summed E-state index contributed by atoms with van der Waals surface area (Å²) in [4.78, 5) is 4.17. The van der Waals surface area contributed by atoms with Crippen LogP contribution in [0.4, 0.5) is 5.69 Å². The van der Waals surface area contributed by atoms with Crippen molar-refractivity contribution in [3.8, 4) is 0 Å². The second-order valence-electron chi connectivity index (χ2n) is 4.07. The minimum absolute atomic E-state index is 0.533. The number of para-hydroxylation sites is 1. The van der Waals surface area contributed by atoms with E-state index in [0.717, 1.165) is 23.4 Å². The Bertz CT molecular complexity index is 494. The second-order valence-corrected chi connectivity index (χ2v) is 4.07. The zero-order chi connectivity index (χ0) is 12.1. The van der Waals surface area contributed by atoms with Gasteiger partial charge in [0.15, 0.2) is 0 Å². The molecule has 2 rings (SSSR count). The van der Waals surface area contributed by atoms with Crippen LogP contribution in [0.3, 0.4) is 0 Å². The van der Waals surface area contributed by atoms with Crippen molar-refractivity contribution in [2.45, 2.75) is 20.0 Å². The number of nitrogens with one attached hydrogen (secondary N) is 1. The number of nitrogens with zero attached hydrogens (tertiary/aromatic N) is 1. The predicted molar refractivity (Wildman–Crippen MR) is 70.6 cm³/mol. The summed E-state index contributed by atoms with van der Waals surface area (Å²) in [5.41, 5.74) is 10.2. The van der Waals surface area contributed by atoms with E-state index >= 15 is 0 Å². The van der Waals surface area contributed by atoms with Gasteiger partial charge in [0.05, 0.1) is 0 Å². The van der Waals surface area contributed by atoms with Crippen molar-refractivity contribution < 1.29 is 0 Å². The van der Waals surface area contributed by atoms with E-state index in [4.69, 9.17) is 5.73 Å². The molecule has 0 aliphatic heterocycles. The van der Waals surface area contributed by atoms with Crippen molar-refractivity contribution in [3.63, 3.8) is 0 Å². The average molecular weight is 227 g/mol. The molecule has 0 unspecified atom stereocenters. The van der Waals surface area contributed by atoms with Crippen LogP contribution in [0.5, 0.6) is 0 Å². The lowest BCUT2D eigenvalue weighted by Crippen LogP contribution is -2.03. The fraction of sp³-hybridized carbons (Fsp3) is 0.214. The molecule has 1 heterocycles. The maximum atomic E-state index is 5.59. The maximum Gasteiger partial charge on any atom is 0.0416 e. The van der Waals surface area contributed by atoms with Gasteiger partial charge < -0.3 is 11.1 Å². The predicted octanol–water partition coefficient (Wildman–Crippen LogP) is 2.46. The molecule has 0 saturated heterocycles. The summed E-state index contributed by atoms with van der Waals surface area (Å²) >= 11 is 0. The fourth-order valence-electron chi connectivity index (χ4n) is 1.72. The number of nitrogens with two attached hydrogens (primary N) is 1. The van der Waals surface area contributed by atoms with Gasteiger partial charge in [0, 0.05) is 31.2 Å². The highest BCUT2D eigenvalue weighted by atomic mass is 14.9. The Morgan fingerprint density at radius 3 is 2.71 bits per heavy atom. The van der Waals surface area contributed by atoms with Crippen LogP contribution in [0.1, 0.15) is 16.7 Å². The highest BCUT2D eigenvalue weighted by molar-refractivity contribution is 5.50. The van der Waals surface area contributed by atoms with E-state index in [1.54, 1.807) is 6.20 Å². The lowest BCUT2D eigenvalue weighted by Gasteiger charge is -2.09. The van der Waals surface area contributed by atoms with Crippen molar-refractivity contribution in [2.24, 2.45) is 5.73 Å². The van der Waals surface area contributed by atoms with E-state index in [0.29, 0.717) is 6.54 Å². The topological polar surface area (TPSA) is 50.9 Å². The summed E-state index contributed by atoms with van der Waals surface area (Å²) in [6.45, 7) is 3.40. The molecule has 0 fully saturated rings. The molecular formula is C14H17N3. The van der Waals surface area contributed by atoms with Crippen molar-refractivity contribution in [2.75, 3.05) is 5.32 Å². The van der Waals surface area contributed by atoms with Crippen LogP contribution in [0.25, 0.3) is 0 Å². The van der Waals surface area contributed by atoms with Gasteiger partial charge in [-0.3, -0.25) is 4.98 Å². The Hall–Kier alpha value is -1.87. The molecule has 1 aromatic carbocycles. The molecule has 0 aliphatic rings. The number of hydrogen-bond donors (Lipinski definition) is 2. The van der Waals surface area contributed by atoms with Gasteiger partial charge in [-0.15, -0.1) is 0 Å².